The minimum Gasteiger partial charge on any atom is -0.444 e. The first-order valence-electron chi connectivity index (χ1n) is 7.43. The summed E-state index contributed by atoms with van der Waals surface area (Å²) in [6.45, 7) is 6.48. The van der Waals surface area contributed by atoms with E-state index in [2.05, 4.69) is 10.2 Å². The summed E-state index contributed by atoms with van der Waals surface area (Å²) in [4.78, 5) is 14.0. The van der Waals surface area contributed by atoms with Crippen LogP contribution >= 0.6 is 0 Å². The predicted octanol–water partition coefficient (Wildman–Crippen LogP) is 2.18. The molecule has 0 unspecified atom stereocenters. The third kappa shape index (κ3) is 3.26. The third-order valence-electron chi connectivity index (χ3n) is 3.45. The summed E-state index contributed by atoms with van der Waals surface area (Å²) in [6, 6.07) is 2.37. The summed E-state index contributed by atoms with van der Waals surface area (Å²) < 4.78 is 26.0. The molecule has 0 bridgehead atoms. The number of hydrogen-bond donors (Lipinski definition) is 0. The number of ether oxygens (including phenoxy) is 2. The maximum atomic E-state index is 13.5. The van der Waals surface area contributed by atoms with Crippen LogP contribution < -0.4 is 0 Å². The molecule has 0 radical (unpaired) electrons. The monoisotopic (exact) mass is 322 g/mol. The predicted molar refractivity (Wildman–Crippen MR) is 79.4 cm³/mol. The van der Waals surface area contributed by atoms with E-state index in [1.165, 1.54) is 22.7 Å². The van der Waals surface area contributed by atoms with Crippen LogP contribution in [-0.2, 0) is 9.47 Å². The van der Waals surface area contributed by atoms with Crippen LogP contribution in [0.5, 0.6) is 0 Å². The summed E-state index contributed by atoms with van der Waals surface area (Å²) in [7, 11) is 0. The summed E-state index contributed by atoms with van der Waals surface area (Å²) in [5.41, 5.74) is -0.0880. The molecule has 7 nitrogen and oxygen atoms in total. The molecule has 1 saturated heterocycles. The van der Waals surface area contributed by atoms with Crippen LogP contribution in [0.2, 0.25) is 0 Å². The van der Waals surface area contributed by atoms with Gasteiger partial charge in [-0.2, -0.15) is 0 Å². The first kappa shape index (κ1) is 15.7. The number of carbonyl (C=O) groups is 1. The Kier molecular flexibility index (Phi) is 3.93. The number of amides is 1. The lowest BCUT2D eigenvalue weighted by Gasteiger charge is -2.35. The van der Waals surface area contributed by atoms with E-state index in [4.69, 9.17) is 9.47 Å². The van der Waals surface area contributed by atoms with Crippen molar-refractivity contribution in [2.75, 3.05) is 19.8 Å². The van der Waals surface area contributed by atoms with Crippen LogP contribution in [0, 0.1) is 5.82 Å². The maximum absolute atomic E-state index is 13.5. The fraction of sp³-hybridized carbons (Fsp3) is 0.533. The molecule has 0 aliphatic carbocycles. The van der Waals surface area contributed by atoms with E-state index in [1.807, 2.05) is 20.8 Å². The number of pyridine rings is 1. The Labute approximate surface area is 133 Å². The van der Waals surface area contributed by atoms with Gasteiger partial charge in [-0.25, -0.2) is 9.18 Å². The molecule has 0 aromatic carbocycles. The number of morpholine rings is 1. The Balaban J connectivity index is 1.94. The molecule has 124 valence electrons. The van der Waals surface area contributed by atoms with Crippen molar-refractivity contribution in [3.63, 3.8) is 0 Å². The second kappa shape index (κ2) is 5.77. The Hall–Kier alpha value is -2.22. The molecule has 0 saturated carbocycles. The fourth-order valence-electron chi connectivity index (χ4n) is 2.47. The minimum atomic E-state index is -0.598. The molecule has 23 heavy (non-hydrogen) atoms. The highest BCUT2D eigenvalue weighted by molar-refractivity contribution is 5.69. The first-order valence-corrected chi connectivity index (χ1v) is 7.43. The van der Waals surface area contributed by atoms with Crippen molar-refractivity contribution in [2.24, 2.45) is 0 Å². The van der Waals surface area contributed by atoms with Gasteiger partial charge in [-0.15, -0.1) is 10.2 Å². The smallest absolute Gasteiger partial charge is 0.411 e. The van der Waals surface area contributed by atoms with Gasteiger partial charge in [0.1, 0.15) is 17.5 Å². The van der Waals surface area contributed by atoms with E-state index in [1.54, 1.807) is 4.90 Å². The summed E-state index contributed by atoms with van der Waals surface area (Å²) in [5, 5.41) is 8.12. The molecule has 1 atom stereocenters. The van der Waals surface area contributed by atoms with Gasteiger partial charge in [-0.3, -0.25) is 9.30 Å². The van der Waals surface area contributed by atoms with Crippen molar-refractivity contribution in [1.82, 2.24) is 19.5 Å². The molecule has 1 amide bonds. The molecular weight excluding hydrogens is 303 g/mol. The van der Waals surface area contributed by atoms with Gasteiger partial charge in [-0.05, 0) is 32.9 Å². The molecular formula is C15H19FN4O3. The van der Waals surface area contributed by atoms with E-state index < -0.39 is 23.6 Å². The zero-order valence-electron chi connectivity index (χ0n) is 13.3. The van der Waals surface area contributed by atoms with Crippen molar-refractivity contribution >= 4 is 11.7 Å². The number of nitrogens with zero attached hydrogens (tertiary/aromatic N) is 4. The Morgan fingerprint density at radius 3 is 2.91 bits per heavy atom. The van der Waals surface area contributed by atoms with Crippen molar-refractivity contribution in [3.8, 4) is 0 Å². The average Bonchev–Trinajstić information content (AvgIpc) is 2.88. The molecule has 1 aliphatic heterocycles. The molecule has 0 spiro atoms. The van der Waals surface area contributed by atoms with Crippen LogP contribution in [0.15, 0.2) is 18.3 Å². The number of aromatic nitrogens is 3. The normalized spacial score (nSPS) is 19.1. The van der Waals surface area contributed by atoms with Crippen molar-refractivity contribution in [1.29, 1.82) is 0 Å². The van der Waals surface area contributed by atoms with E-state index in [0.29, 0.717) is 24.6 Å². The number of fused-ring (bicyclic) bond motifs is 1. The third-order valence-corrected chi connectivity index (χ3v) is 3.45. The van der Waals surface area contributed by atoms with Gasteiger partial charge < -0.3 is 9.47 Å². The van der Waals surface area contributed by atoms with Crippen LogP contribution in [0.3, 0.4) is 0 Å². The quantitative estimate of drug-likeness (QED) is 0.805. The molecule has 2 aromatic rings. The largest absolute Gasteiger partial charge is 0.444 e. The Morgan fingerprint density at radius 2 is 2.17 bits per heavy atom. The van der Waals surface area contributed by atoms with Crippen molar-refractivity contribution < 1.29 is 18.7 Å². The van der Waals surface area contributed by atoms with Crippen LogP contribution in [-0.4, -0.2) is 51.0 Å². The van der Waals surface area contributed by atoms with Crippen molar-refractivity contribution in [2.45, 2.75) is 32.4 Å². The summed E-state index contributed by atoms with van der Waals surface area (Å²) in [6.07, 6.45) is 0.853. The lowest BCUT2D eigenvalue weighted by molar-refractivity contribution is -0.0353. The Morgan fingerprint density at radius 1 is 1.39 bits per heavy atom. The van der Waals surface area contributed by atoms with Gasteiger partial charge in [0, 0.05) is 12.7 Å². The second-order valence-corrected chi connectivity index (χ2v) is 6.40. The highest BCUT2D eigenvalue weighted by atomic mass is 19.1. The van der Waals surface area contributed by atoms with Gasteiger partial charge in [-0.1, -0.05) is 0 Å². The number of carbonyl (C=O) groups excluding carboxylic acids is 1. The lowest BCUT2D eigenvalue weighted by atomic mass is 10.2. The number of halogens is 1. The lowest BCUT2D eigenvalue weighted by Crippen LogP contribution is -2.46. The highest BCUT2D eigenvalue weighted by Gasteiger charge is 2.34. The van der Waals surface area contributed by atoms with Gasteiger partial charge in [0.05, 0.1) is 13.2 Å². The van der Waals surface area contributed by atoms with Crippen molar-refractivity contribution in [3.05, 3.63) is 30.0 Å². The van der Waals surface area contributed by atoms with E-state index in [9.17, 15) is 9.18 Å². The summed E-state index contributed by atoms with van der Waals surface area (Å²) >= 11 is 0. The first-order chi connectivity index (χ1) is 10.8. The Bertz CT molecular complexity index is 725. The highest BCUT2D eigenvalue weighted by Crippen LogP contribution is 2.25. The van der Waals surface area contributed by atoms with Gasteiger partial charge in [0.2, 0.25) is 0 Å². The van der Waals surface area contributed by atoms with Crippen LogP contribution in [0.4, 0.5) is 9.18 Å². The standard InChI is InChI=1S/C15H19FN4O3/c1-15(2,3)23-14(21)19-6-7-22-9-11(19)13-18-17-12-5-4-10(16)8-20(12)13/h4-5,8,11H,6-7,9H2,1-3H3/t11-/m0/s1. The maximum Gasteiger partial charge on any atom is 0.411 e. The zero-order chi connectivity index (χ0) is 16.6. The van der Waals surface area contributed by atoms with Crippen LogP contribution in [0.25, 0.3) is 5.65 Å². The van der Waals surface area contributed by atoms with Crippen LogP contribution in [0.1, 0.15) is 32.6 Å². The van der Waals surface area contributed by atoms with E-state index >= 15 is 0 Å². The number of hydrogen-bond acceptors (Lipinski definition) is 5. The van der Waals surface area contributed by atoms with Gasteiger partial charge in [0.25, 0.3) is 0 Å². The average molecular weight is 322 g/mol. The number of rotatable bonds is 1. The topological polar surface area (TPSA) is 69.0 Å². The van der Waals surface area contributed by atoms with E-state index in [-0.39, 0.29) is 6.61 Å². The molecule has 1 fully saturated rings. The minimum absolute atomic E-state index is 0.260. The van der Waals surface area contributed by atoms with Gasteiger partial charge >= 0.3 is 6.09 Å². The van der Waals surface area contributed by atoms with E-state index in [0.717, 1.165) is 0 Å². The van der Waals surface area contributed by atoms with Gasteiger partial charge in [0.15, 0.2) is 11.5 Å². The fourth-order valence-corrected chi connectivity index (χ4v) is 2.47. The molecule has 3 rings (SSSR count). The summed E-state index contributed by atoms with van der Waals surface area (Å²) in [5.74, 6) is 0.0455. The molecule has 1 aliphatic rings. The second-order valence-electron chi connectivity index (χ2n) is 6.40. The molecule has 3 heterocycles. The molecule has 0 N–H and O–H groups in total. The molecule has 2 aromatic heterocycles. The SMILES string of the molecule is CC(C)(C)OC(=O)N1CCOC[C@H]1c1nnc2ccc(F)cn12. The molecule has 8 heteroatoms. The zero-order valence-corrected chi connectivity index (χ0v) is 13.3.